The van der Waals surface area contributed by atoms with Gasteiger partial charge in [-0.3, -0.25) is 4.79 Å². The lowest BCUT2D eigenvalue weighted by Crippen LogP contribution is -2.09. The average molecular weight is 576 g/mol. The molecule has 1 aromatic heterocycles. The number of methoxy groups -OCH3 is 1. The van der Waals surface area contributed by atoms with Gasteiger partial charge in [-0.15, -0.1) is 0 Å². The van der Waals surface area contributed by atoms with Crippen LogP contribution in [0.1, 0.15) is 47.6 Å². The number of phenols is 1. The van der Waals surface area contributed by atoms with Crippen LogP contribution in [0.3, 0.4) is 0 Å². The minimum absolute atomic E-state index is 0.126. The van der Waals surface area contributed by atoms with Crippen molar-refractivity contribution in [3.63, 3.8) is 0 Å². The summed E-state index contributed by atoms with van der Waals surface area (Å²) < 4.78 is 12.9. The summed E-state index contributed by atoms with van der Waals surface area (Å²) in [5.41, 5.74) is 1.74. The van der Waals surface area contributed by atoms with Crippen molar-refractivity contribution in [1.29, 1.82) is 0 Å². The van der Waals surface area contributed by atoms with Crippen molar-refractivity contribution >= 4 is 61.9 Å². The van der Waals surface area contributed by atoms with Gasteiger partial charge >= 0.3 is 0 Å². The van der Waals surface area contributed by atoms with Gasteiger partial charge in [0.2, 0.25) is 0 Å². The number of phenolic OH excluding ortho intramolecular Hbond substituents is 1. The topological polar surface area (TPSA) is 59.7 Å². The Balaban J connectivity index is 2.21. The summed E-state index contributed by atoms with van der Waals surface area (Å²) in [4.78, 5) is 13.4. The van der Waals surface area contributed by atoms with E-state index in [1.807, 2.05) is 69.4 Å². The van der Waals surface area contributed by atoms with Gasteiger partial charge in [-0.25, -0.2) is 0 Å². The molecule has 1 N–H and O–H groups in total. The maximum atomic E-state index is 13.4. The molecule has 1 atom stereocenters. The van der Waals surface area contributed by atoms with E-state index in [9.17, 15) is 9.90 Å². The lowest BCUT2D eigenvalue weighted by atomic mass is 9.97. The second kappa shape index (κ2) is 8.26. The molecule has 136 valence electrons. The normalized spacial score (nSPS) is 12.5. The van der Waals surface area contributed by atoms with E-state index in [0.717, 1.165) is 18.2 Å². The first-order valence-electron chi connectivity index (χ1n) is 8.24. The first-order valence-corrected chi connectivity index (χ1v) is 10.4. The first kappa shape index (κ1) is 19.6. The van der Waals surface area contributed by atoms with Crippen LogP contribution >= 0.6 is 45.2 Å². The van der Waals surface area contributed by atoms with Crippen molar-refractivity contribution in [2.45, 2.75) is 25.9 Å². The number of aromatic hydroxyl groups is 1. The van der Waals surface area contributed by atoms with E-state index >= 15 is 0 Å². The third-order valence-corrected chi connectivity index (χ3v) is 5.90. The molecule has 0 bridgehead atoms. The molecular weight excluding hydrogens is 558 g/mol. The molecule has 1 heterocycles. The highest BCUT2D eigenvalue weighted by Crippen LogP contribution is 2.36. The molecule has 0 aliphatic heterocycles. The van der Waals surface area contributed by atoms with Gasteiger partial charge in [-0.1, -0.05) is 31.5 Å². The second-order valence-corrected chi connectivity index (χ2v) is 8.29. The summed E-state index contributed by atoms with van der Waals surface area (Å²) in [5, 5.41) is 10.8. The third kappa shape index (κ3) is 3.63. The molecule has 0 unspecified atom stereocenters. The van der Waals surface area contributed by atoms with Crippen molar-refractivity contribution < 1.29 is 19.1 Å². The highest BCUT2D eigenvalue weighted by atomic mass is 127. The van der Waals surface area contributed by atoms with Crippen molar-refractivity contribution in [2.24, 2.45) is 0 Å². The minimum atomic E-state index is -0.276. The maximum Gasteiger partial charge on any atom is 0.197 e. The number of carbonyl (C=O) groups is 1. The highest BCUT2D eigenvalue weighted by Gasteiger charge is 2.27. The lowest BCUT2D eigenvalue weighted by Gasteiger charge is -2.14. The Kier molecular flexibility index (Phi) is 6.24. The van der Waals surface area contributed by atoms with Crippen LogP contribution < -0.4 is 0 Å². The van der Waals surface area contributed by atoms with Gasteiger partial charge in [0, 0.05) is 18.1 Å². The van der Waals surface area contributed by atoms with Crippen LogP contribution in [0.25, 0.3) is 11.0 Å². The molecule has 0 aliphatic rings. The van der Waals surface area contributed by atoms with E-state index < -0.39 is 0 Å². The fourth-order valence-corrected chi connectivity index (χ4v) is 4.75. The molecule has 2 aromatic carbocycles. The predicted octanol–water partition coefficient (Wildman–Crippen LogP) is 6.07. The van der Waals surface area contributed by atoms with E-state index in [-0.39, 0.29) is 17.6 Å². The van der Waals surface area contributed by atoms with Crippen LogP contribution in [0, 0.1) is 7.14 Å². The zero-order valence-corrected chi connectivity index (χ0v) is 18.7. The standard InChI is InChI=1S/C20H18I2O4/c1-3-6-16(25-2)20-17(12-7-4-5-8-15(12)26-20)18(23)11-9-13(21)19(24)14(22)10-11/h4-5,7-10,16,24H,3,6H2,1-2H3/t16-/m0/s1. The summed E-state index contributed by atoms with van der Waals surface area (Å²) in [7, 11) is 1.63. The molecule has 3 rings (SSSR count). The number of rotatable bonds is 6. The Morgan fingerprint density at radius 3 is 2.50 bits per heavy atom. The first-order chi connectivity index (χ1) is 12.5. The quantitative estimate of drug-likeness (QED) is 0.286. The lowest BCUT2D eigenvalue weighted by molar-refractivity contribution is 0.0753. The molecule has 3 aromatic rings. The molecule has 4 nitrogen and oxygen atoms in total. The zero-order chi connectivity index (χ0) is 18.8. The number of hydrogen-bond acceptors (Lipinski definition) is 4. The Morgan fingerprint density at radius 2 is 1.88 bits per heavy atom. The van der Waals surface area contributed by atoms with E-state index in [1.54, 1.807) is 19.2 Å². The Bertz CT molecular complexity index is 939. The number of carbonyl (C=O) groups excluding carboxylic acids is 1. The fourth-order valence-electron chi connectivity index (χ4n) is 2.98. The molecule has 0 radical (unpaired) electrons. The van der Waals surface area contributed by atoms with E-state index in [2.05, 4.69) is 6.92 Å². The number of ether oxygens (including phenoxy) is 1. The molecule has 0 aliphatic carbocycles. The van der Waals surface area contributed by atoms with Crippen LogP contribution in [0.15, 0.2) is 40.8 Å². The number of benzene rings is 2. The van der Waals surface area contributed by atoms with Gasteiger partial charge in [0.05, 0.1) is 12.7 Å². The fraction of sp³-hybridized carbons (Fsp3) is 0.250. The molecule has 0 amide bonds. The number of fused-ring (bicyclic) bond motifs is 1. The molecule has 0 spiro atoms. The van der Waals surface area contributed by atoms with Crippen LogP contribution in [0.2, 0.25) is 0 Å². The summed E-state index contributed by atoms with van der Waals surface area (Å²) >= 11 is 4.07. The summed E-state index contributed by atoms with van der Waals surface area (Å²) in [5.74, 6) is 0.637. The number of hydrogen-bond donors (Lipinski definition) is 1. The second-order valence-electron chi connectivity index (χ2n) is 5.97. The van der Waals surface area contributed by atoms with Crippen molar-refractivity contribution in [2.75, 3.05) is 7.11 Å². The molecule has 0 saturated heterocycles. The Hall–Kier alpha value is -1.13. The summed E-state index contributed by atoms with van der Waals surface area (Å²) in [6, 6.07) is 10.9. The molecule has 26 heavy (non-hydrogen) atoms. The van der Waals surface area contributed by atoms with Gasteiger partial charge in [0.1, 0.15) is 23.2 Å². The van der Waals surface area contributed by atoms with Crippen LogP contribution in [-0.2, 0) is 4.74 Å². The van der Waals surface area contributed by atoms with E-state index in [0.29, 0.717) is 29.6 Å². The number of para-hydroxylation sites is 1. The average Bonchev–Trinajstić information content (AvgIpc) is 3.02. The van der Waals surface area contributed by atoms with Crippen LogP contribution in [-0.4, -0.2) is 18.0 Å². The SMILES string of the molecule is CCC[C@H](OC)c1oc2ccccc2c1C(=O)c1cc(I)c(O)c(I)c1. The monoisotopic (exact) mass is 576 g/mol. The number of furan rings is 1. The van der Waals surface area contributed by atoms with E-state index in [1.165, 1.54) is 0 Å². The molecule has 0 fully saturated rings. The smallest absolute Gasteiger partial charge is 0.197 e. The summed E-state index contributed by atoms with van der Waals surface area (Å²) in [6.07, 6.45) is 1.40. The van der Waals surface area contributed by atoms with Crippen molar-refractivity contribution in [1.82, 2.24) is 0 Å². The van der Waals surface area contributed by atoms with E-state index in [4.69, 9.17) is 9.15 Å². The van der Waals surface area contributed by atoms with Gasteiger partial charge < -0.3 is 14.3 Å². The van der Waals surface area contributed by atoms with Crippen molar-refractivity contribution in [3.8, 4) is 5.75 Å². The number of ketones is 1. The number of halogens is 2. The maximum absolute atomic E-state index is 13.4. The zero-order valence-electron chi connectivity index (χ0n) is 14.4. The highest BCUT2D eigenvalue weighted by molar-refractivity contribution is 14.1. The summed E-state index contributed by atoms with van der Waals surface area (Å²) in [6.45, 7) is 2.07. The largest absolute Gasteiger partial charge is 0.506 e. The van der Waals surface area contributed by atoms with Gasteiger partial charge in [-0.05, 0) is 69.8 Å². The Morgan fingerprint density at radius 1 is 1.23 bits per heavy atom. The van der Waals surface area contributed by atoms with Gasteiger partial charge in [0.25, 0.3) is 0 Å². The van der Waals surface area contributed by atoms with Gasteiger partial charge in [-0.2, -0.15) is 0 Å². The van der Waals surface area contributed by atoms with Gasteiger partial charge in [0.15, 0.2) is 5.78 Å². The molecule has 0 saturated carbocycles. The third-order valence-electron chi connectivity index (χ3n) is 4.26. The molecule has 6 heteroatoms. The van der Waals surface area contributed by atoms with Crippen LogP contribution in [0.5, 0.6) is 5.75 Å². The molecular formula is C20H18I2O4. The van der Waals surface area contributed by atoms with Crippen LogP contribution in [0.4, 0.5) is 0 Å². The minimum Gasteiger partial charge on any atom is -0.506 e. The van der Waals surface area contributed by atoms with Crippen molar-refractivity contribution in [3.05, 3.63) is 60.4 Å². The Labute approximate surface area is 179 Å². The predicted molar refractivity (Wildman–Crippen MR) is 118 cm³/mol.